The smallest absolute Gasteiger partial charge is 0.343 e. The molecule has 0 heterocycles. The van der Waals surface area contributed by atoms with Crippen LogP contribution in [0.4, 0.5) is 0 Å². The molecule has 0 radical (unpaired) electrons. The molecule has 0 fully saturated rings. The Labute approximate surface area is 165 Å². The largest absolute Gasteiger partial charge is 0.466 e. The molecule has 0 bridgehead atoms. The number of rotatable bonds is 14. The van der Waals surface area contributed by atoms with Crippen molar-refractivity contribution in [1.82, 2.24) is 5.32 Å². The summed E-state index contributed by atoms with van der Waals surface area (Å²) in [4.78, 5) is 47.7. The molecule has 0 unspecified atom stereocenters. The van der Waals surface area contributed by atoms with Gasteiger partial charge >= 0.3 is 17.9 Å². The van der Waals surface area contributed by atoms with E-state index in [-0.39, 0.29) is 25.6 Å². The van der Waals surface area contributed by atoms with E-state index in [4.69, 9.17) is 14.2 Å². The number of esters is 3. The van der Waals surface area contributed by atoms with Gasteiger partial charge in [-0.3, -0.25) is 9.59 Å². The number of thioether (sulfide) groups is 1. The molecular formula is C18H31NO7S. The van der Waals surface area contributed by atoms with Crippen molar-refractivity contribution in [1.29, 1.82) is 0 Å². The minimum Gasteiger partial charge on any atom is -0.466 e. The van der Waals surface area contributed by atoms with Crippen molar-refractivity contribution in [2.24, 2.45) is 0 Å². The van der Waals surface area contributed by atoms with Crippen LogP contribution >= 0.6 is 11.8 Å². The fourth-order valence-corrected chi connectivity index (χ4v) is 3.26. The molecule has 156 valence electrons. The van der Waals surface area contributed by atoms with Crippen LogP contribution in [0.5, 0.6) is 0 Å². The Balaban J connectivity index is 4.70. The van der Waals surface area contributed by atoms with Crippen LogP contribution in [0.1, 0.15) is 53.4 Å². The second kappa shape index (κ2) is 14.3. The van der Waals surface area contributed by atoms with Gasteiger partial charge in [0, 0.05) is 13.3 Å². The molecule has 0 atom stereocenters. The van der Waals surface area contributed by atoms with E-state index in [2.05, 4.69) is 5.32 Å². The van der Waals surface area contributed by atoms with E-state index in [1.807, 2.05) is 0 Å². The molecule has 27 heavy (non-hydrogen) atoms. The average Bonchev–Trinajstić information content (AvgIpc) is 2.60. The maximum absolute atomic E-state index is 12.4. The standard InChI is InChI=1S/C18H31NO7S/c1-5-24-15(21)10-8-12-27-13-9-11-18(19-14(4)20,16(22)25-6-2)17(23)26-7-3/h5-13H2,1-4H3,(H,19,20). The summed E-state index contributed by atoms with van der Waals surface area (Å²) < 4.78 is 14.9. The lowest BCUT2D eigenvalue weighted by Crippen LogP contribution is -2.61. The highest BCUT2D eigenvalue weighted by Crippen LogP contribution is 2.21. The van der Waals surface area contributed by atoms with Crippen molar-refractivity contribution in [2.45, 2.75) is 58.9 Å². The number of carbonyl (C=O) groups excluding carboxylic acids is 4. The summed E-state index contributed by atoms with van der Waals surface area (Å²) in [5.41, 5.74) is -1.83. The first-order chi connectivity index (χ1) is 12.8. The van der Waals surface area contributed by atoms with Gasteiger partial charge in [-0.05, 0) is 51.5 Å². The van der Waals surface area contributed by atoms with Crippen molar-refractivity contribution in [3.63, 3.8) is 0 Å². The second-order valence-electron chi connectivity index (χ2n) is 5.65. The Morgan fingerprint density at radius 3 is 1.85 bits per heavy atom. The van der Waals surface area contributed by atoms with Gasteiger partial charge in [-0.2, -0.15) is 11.8 Å². The van der Waals surface area contributed by atoms with Crippen molar-refractivity contribution in [3.8, 4) is 0 Å². The van der Waals surface area contributed by atoms with Crippen molar-refractivity contribution in [3.05, 3.63) is 0 Å². The molecule has 1 amide bonds. The van der Waals surface area contributed by atoms with Crippen LogP contribution < -0.4 is 5.32 Å². The van der Waals surface area contributed by atoms with Gasteiger partial charge in [0.25, 0.3) is 0 Å². The van der Waals surface area contributed by atoms with Crippen molar-refractivity contribution in [2.75, 3.05) is 31.3 Å². The van der Waals surface area contributed by atoms with Crippen LogP contribution in [0.15, 0.2) is 0 Å². The maximum Gasteiger partial charge on any atom is 0.343 e. The number of hydrogen-bond donors (Lipinski definition) is 1. The van der Waals surface area contributed by atoms with Crippen LogP contribution in [0.2, 0.25) is 0 Å². The van der Waals surface area contributed by atoms with E-state index >= 15 is 0 Å². The Morgan fingerprint density at radius 1 is 0.852 bits per heavy atom. The van der Waals surface area contributed by atoms with Gasteiger partial charge in [0.1, 0.15) is 0 Å². The predicted molar refractivity (Wildman–Crippen MR) is 102 cm³/mol. The molecule has 0 spiro atoms. The van der Waals surface area contributed by atoms with E-state index in [0.717, 1.165) is 5.75 Å². The summed E-state index contributed by atoms with van der Waals surface area (Å²) in [5, 5.41) is 2.44. The summed E-state index contributed by atoms with van der Waals surface area (Å²) in [6.45, 7) is 6.80. The molecule has 0 aliphatic carbocycles. The average molecular weight is 406 g/mol. The number of hydrogen-bond acceptors (Lipinski definition) is 8. The highest BCUT2D eigenvalue weighted by Gasteiger charge is 2.49. The normalized spacial score (nSPS) is 10.8. The van der Waals surface area contributed by atoms with Gasteiger partial charge in [0.05, 0.1) is 19.8 Å². The Bertz CT molecular complexity index is 478. The fraction of sp³-hybridized carbons (Fsp3) is 0.778. The predicted octanol–water partition coefficient (Wildman–Crippen LogP) is 1.84. The first-order valence-corrected chi connectivity index (χ1v) is 10.4. The zero-order valence-corrected chi connectivity index (χ0v) is 17.4. The van der Waals surface area contributed by atoms with E-state index in [9.17, 15) is 19.2 Å². The molecule has 8 nitrogen and oxygen atoms in total. The van der Waals surface area contributed by atoms with E-state index in [0.29, 0.717) is 31.6 Å². The van der Waals surface area contributed by atoms with Gasteiger partial charge in [0.15, 0.2) is 0 Å². The zero-order valence-electron chi connectivity index (χ0n) is 16.6. The number of ether oxygens (including phenoxy) is 3. The van der Waals surface area contributed by atoms with Crippen molar-refractivity contribution < 1.29 is 33.4 Å². The summed E-state index contributed by atoms with van der Waals surface area (Å²) in [6, 6.07) is 0. The highest BCUT2D eigenvalue weighted by molar-refractivity contribution is 7.99. The third kappa shape index (κ3) is 9.65. The molecule has 0 saturated carbocycles. The lowest BCUT2D eigenvalue weighted by Gasteiger charge is -2.29. The molecule has 9 heteroatoms. The van der Waals surface area contributed by atoms with Gasteiger partial charge in [-0.25, -0.2) is 9.59 Å². The van der Waals surface area contributed by atoms with Crippen LogP contribution in [0, 0.1) is 0 Å². The highest BCUT2D eigenvalue weighted by atomic mass is 32.2. The van der Waals surface area contributed by atoms with Crippen LogP contribution in [-0.4, -0.2) is 60.7 Å². The van der Waals surface area contributed by atoms with Gasteiger partial charge < -0.3 is 19.5 Å². The SMILES string of the molecule is CCOC(=O)CCCSCCCC(NC(C)=O)(C(=O)OCC)C(=O)OCC. The van der Waals surface area contributed by atoms with Crippen LogP contribution in [0.3, 0.4) is 0 Å². The molecule has 0 aliphatic rings. The molecule has 0 aromatic carbocycles. The summed E-state index contributed by atoms with van der Waals surface area (Å²) in [7, 11) is 0. The molecule has 0 saturated heterocycles. The first kappa shape index (κ1) is 25.2. The monoisotopic (exact) mass is 405 g/mol. The molecule has 1 N–H and O–H groups in total. The van der Waals surface area contributed by atoms with E-state index in [1.54, 1.807) is 32.5 Å². The molecule has 0 aromatic rings. The van der Waals surface area contributed by atoms with Gasteiger partial charge in [-0.1, -0.05) is 0 Å². The number of nitrogens with one attached hydrogen (secondary N) is 1. The van der Waals surface area contributed by atoms with Crippen LogP contribution in [-0.2, 0) is 33.4 Å². The topological polar surface area (TPSA) is 108 Å². The Hall–Kier alpha value is -1.77. The molecule has 0 aliphatic heterocycles. The Morgan fingerprint density at radius 2 is 1.37 bits per heavy atom. The Kier molecular flexibility index (Phi) is 13.4. The quantitative estimate of drug-likeness (QED) is 0.202. The second-order valence-corrected chi connectivity index (χ2v) is 6.88. The van der Waals surface area contributed by atoms with Crippen molar-refractivity contribution >= 4 is 35.6 Å². The minimum absolute atomic E-state index is 0.0785. The van der Waals surface area contributed by atoms with Crippen LogP contribution in [0.25, 0.3) is 0 Å². The van der Waals surface area contributed by atoms with Gasteiger partial charge in [0.2, 0.25) is 11.4 Å². The van der Waals surface area contributed by atoms with Gasteiger partial charge in [-0.15, -0.1) is 0 Å². The molecular weight excluding hydrogens is 374 g/mol. The summed E-state index contributed by atoms with van der Waals surface area (Å²) in [6.07, 6.45) is 1.62. The summed E-state index contributed by atoms with van der Waals surface area (Å²) in [5.74, 6) is -0.948. The minimum atomic E-state index is -1.83. The zero-order chi connectivity index (χ0) is 20.7. The molecule has 0 rings (SSSR count). The summed E-state index contributed by atoms with van der Waals surface area (Å²) >= 11 is 1.60. The number of amides is 1. The molecule has 0 aromatic heterocycles. The third-order valence-corrected chi connectivity index (χ3v) is 4.61. The first-order valence-electron chi connectivity index (χ1n) is 9.20. The maximum atomic E-state index is 12.4. The third-order valence-electron chi connectivity index (χ3n) is 3.45. The lowest BCUT2D eigenvalue weighted by atomic mass is 9.93. The fourth-order valence-electron chi connectivity index (χ4n) is 2.35. The van der Waals surface area contributed by atoms with E-state index < -0.39 is 23.4 Å². The number of carbonyl (C=O) groups is 4. The van der Waals surface area contributed by atoms with E-state index in [1.165, 1.54) is 6.92 Å². The lowest BCUT2D eigenvalue weighted by molar-refractivity contribution is -0.168.